The summed E-state index contributed by atoms with van der Waals surface area (Å²) in [5, 5.41) is 3.22. The highest BCUT2D eigenvalue weighted by atomic mass is 32.1. The smallest absolute Gasteiger partial charge is 0.262 e. The van der Waals surface area contributed by atoms with Crippen molar-refractivity contribution < 1.29 is 9.59 Å². The first-order chi connectivity index (χ1) is 10.8. The van der Waals surface area contributed by atoms with Crippen LogP contribution in [-0.4, -0.2) is 27.3 Å². The van der Waals surface area contributed by atoms with Crippen LogP contribution in [0.1, 0.15) is 32.6 Å². The molecular weight excluding hydrogens is 314 g/mol. The zero-order chi connectivity index (χ0) is 17.1. The van der Waals surface area contributed by atoms with E-state index >= 15 is 0 Å². The first-order valence-electron chi connectivity index (χ1n) is 7.61. The summed E-state index contributed by atoms with van der Waals surface area (Å²) in [6.07, 6.45) is 2.23. The number of nitrogens with zero attached hydrogens (tertiary/aromatic N) is 2. The molecule has 6 nitrogen and oxygen atoms in total. The minimum absolute atomic E-state index is 0.00207. The maximum Gasteiger partial charge on any atom is 0.262 e. The van der Waals surface area contributed by atoms with Gasteiger partial charge in [0.25, 0.3) is 5.56 Å². The molecule has 0 radical (unpaired) electrons. The summed E-state index contributed by atoms with van der Waals surface area (Å²) < 4.78 is 1.28. The number of thiophene rings is 1. The Kier molecular flexibility index (Phi) is 5.30. The molecule has 2 aromatic heterocycles. The van der Waals surface area contributed by atoms with E-state index in [2.05, 4.69) is 10.3 Å². The van der Waals surface area contributed by atoms with Crippen LogP contribution in [0.25, 0.3) is 10.2 Å². The molecule has 7 heteroatoms. The first kappa shape index (κ1) is 17.3. The average molecular weight is 335 g/mol. The molecule has 2 rings (SSSR count). The van der Waals surface area contributed by atoms with E-state index in [-0.39, 0.29) is 29.7 Å². The quantitative estimate of drug-likeness (QED) is 0.872. The van der Waals surface area contributed by atoms with Gasteiger partial charge in [0.2, 0.25) is 5.91 Å². The Morgan fingerprint density at radius 2 is 2.09 bits per heavy atom. The lowest BCUT2D eigenvalue weighted by atomic mass is 10.0. The highest BCUT2D eigenvalue weighted by molar-refractivity contribution is 7.18. The first-order valence-corrected chi connectivity index (χ1v) is 8.42. The van der Waals surface area contributed by atoms with Crippen LogP contribution < -0.4 is 10.9 Å². The molecule has 1 atom stereocenters. The van der Waals surface area contributed by atoms with Gasteiger partial charge in [0, 0.05) is 4.88 Å². The Labute approximate surface area is 138 Å². The number of carbonyl (C=O) groups is 2. The van der Waals surface area contributed by atoms with E-state index < -0.39 is 6.04 Å². The van der Waals surface area contributed by atoms with Gasteiger partial charge in [-0.05, 0) is 25.3 Å². The number of Topliss-reactive ketones (excluding diaryl/α,β-unsaturated/α-hetero) is 1. The van der Waals surface area contributed by atoms with Crippen molar-refractivity contribution in [3.05, 3.63) is 27.6 Å². The van der Waals surface area contributed by atoms with Crippen LogP contribution in [0, 0.1) is 5.92 Å². The van der Waals surface area contributed by atoms with E-state index in [1.54, 1.807) is 0 Å². The Balaban J connectivity index is 2.21. The van der Waals surface area contributed by atoms with Crippen LogP contribution in [0.5, 0.6) is 0 Å². The normalized spacial score (nSPS) is 12.6. The van der Waals surface area contributed by atoms with Gasteiger partial charge in [0.15, 0.2) is 5.78 Å². The maximum absolute atomic E-state index is 12.4. The second-order valence-corrected chi connectivity index (χ2v) is 6.98. The van der Waals surface area contributed by atoms with Gasteiger partial charge in [-0.15, -0.1) is 11.3 Å². The zero-order valence-corrected chi connectivity index (χ0v) is 14.6. The fourth-order valence-electron chi connectivity index (χ4n) is 2.41. The fourth-order valence-corrected chi connectivity index (χ4v) is 3.33. The molecule has 23 heavy (non-hydrogen) atoms. The van der Waals surface area contributed by atoms with Crippen LogP contribution in [0.2, 0.25) is 0 Å². The molecule has 0 spiro atoms. The van der Waals surface area contributed by atoms with Crippen LogP contribution in [0.4, 0.5) is 0 Å². The van der Waals surface area contributed by atoms with Crippen LogP contribution in [0.3, 0.4) is 0 Å². The minimum Gasteiger partial charge on any atom is -0.344 e. The third-order valence-corrected chi connectivity index (χ3v) is 4.84. The number of aryl methyl sites for hydroxylation is 1. The van der Waals surface area contributed by atoms with Crippen molar-refractivity contribution >= 4 is 33.2 Å². The van der Waals surface area contributed by atoms with Crippen molar-refractivity contribution in [1.82, 2.24) is 14.9 Å². The molecule has 124 valence electrons. The molecule has 2 aromatic rings. The Morgan fingerprint density at radius 3 is 2.65 bits per heavy atom. The lowest BCUT2D eigenvalue weighted by molar-refractivity contribution is -0.128. The molecule has 0 saturated carbocycles. The van der Waals surface area contributed by atoms with Crippen molar-refractivity contribution in [3.8, 4) is 0 Å². The van der Waals surface area contributed by atoms with Crippen molar-refractivity contribution in [1.29, 1.82) is 0 Å². The molecule has 0 saturated heterocycles. The van der Waals surface area contributed by atoms with Crippen molar-refractivity contribution in [2.45, 2.75) is 46.7 Å². The Hall–Kier alpha value is -2.02. The summed E-state index contributed by atoms with van der Waals surface area (Å²) in [5.74, 6) is -0.467. The van der Waals surface area contributed by atoms with Gasteiger partial charge >= 0.3 is 0 Å². The molecule has 0 bridgehead atoms. The van der Waals surface area contributed by atoms with Gasteiger partial charge < -0.3 is 5.32 Å². The van der Waals surface area contributed by atoms with E-state index in [0.717, 1.165) is 11.3 Å². The monoisotopic (exact) mass is 335 g/mol. The van der Waals surface area contributed by atoms with Gasteiger partial charge in [-0.2, -0.15) is 0 Å². The van der Waals surface area contributed by atoms with E-state index in [9.17, 15) is 14.4 Å². The topological polar surface area (TPSA) is 81.1 Å². The van der Waals surface area contributed by atoms with Gasteiger partial charge in [-0.25, -0.2) is 4.98 Å². The van der Waals surface area contributed by atoms with Crippen molar-refractivity contribution in [2.24, 2.45) is 5.92 Å². The third-order valence-electron chi connectivity index (χ3n) is 3.65. The second-order valence-electron chi connectivity index (χ2n) is 5.86. The number of ketones is 1. The van der Waals surface area contributed by atoms with Gasteiger partial charge in [0.1, 0.15) is 11.4 Å². The molecular formula is C16H21N3O3S. The lowest BCUT2D eigenvalue weighted by Gasteiger charge is -2.19. The van der Waals surface area contributed by atoms with Crippen LogP contribution in [-0.2, 0) is 22.6 Å². The number of carbonyl (C=O) groups excluding carboxylic acids is 2. The average Bonchev–Trinajstić information content (AvgIpc) is 2.91. The third kappa shape index (κ3) is 3.85. The summed E-state index contributed by atoms with van der Waals surface area (Å²) in [6, 6.07) is 1.29. The Morgan fingerprint density at radius 1 is 1.39 bits per heavy atom. The number of aromatic nitrogens is 2. The molecule has 0 aromatic carbocycles. The van der Waals surface area contributed by atoms with E-state index in [4.69, 9.17) is 0 Å². The van der Waals surface area contributed by atoms with Crippen molar-refractivity contribution in [3.63, 3.8) is 0 Å². The van der Waals surface area contributed by atoms with Gasteiger partial charge in [0.05, 0.1) is 17.8 Å². The van der Waals surface area contributed by atoms with Gasteiger partial charge in [-0.1, -0.05) is 20.8 Å². The minimum atomic E-state index is -0.539. The largest absolute Gasteiger partial charge is 0.344 e. The fraction of sp³-hybridized carbons (Fsp3) is 0.500. The predicted molar refractivity (Wildman–Crippen MR) is 90.7 cm³/mol. The predicted octanol–water partition coefficient (Wildman–Crippen LogP) is 1.75. The summed E-state index contributed by atoms with van der Waals surface area (Å²) >= 11 is 1.49. The number of hydrogen-bond acceptors (Lipinski definition) is 5. The van der Waals surface area contributed by atoms with Crippen LogP contribution >= 0.6 is 11.3 Å². The number of rotatable bonds is 6. The summed E-state index contributed by atoms with van der Waals surface area (Å²) in [7, 11) is 0. The van der Waals surface area contributed by atoms with Gasteiger partial charge in [-0.3, -0.25) is 19.0 Å². The molecule has 0 aliphatic carbocycles. The number of amides is 1. The molecule has 0 aliphatic heterocycles. The molecule has 2 heterocycles. The number of fused-ring (bicyclic) bond motifs is 1. The van der Waals surface area contributed by atoms with Crippen LogP contribution in [0.15, 0.2) is 17.2 Å². The summed E-state index contributed by atoms with van der Waals surface area (Å²) in [4.78, 5) is 42.1. The number of nitrogens with one attached hydrogen (secondary N) is 1. The lowest BCUT2D eigenvalue weighted by Crippen LogP contribution is -2.45. The molecule has 0 unspecified atom stereocenters. The summed E-state index contributed by atoms with van der Waals surface area (Å²) in [6.45, 7) is 7.05. The highest BCUT2D eigenvalue weighted by Crippen LogP contribution is 2.20. The second kappa shape index (κ2) is 7.04. The summed E-state index contributed by atoms with van der Waals surface area (Å²) in [5.41, 5.74) is -0.231. The van der Waals surface area contributed by atoms with E-state index in [1.807, 2.05) is 26.8 Å². The zero-order valence-electron chi connectivity index (χ0n) is 13.8. The molecule has 0 fully saturated rings. The van der Waals surface area contributed by atoms with E-state index in [0.29, 0.717) is 10.2 Å². The molecule has 1 N–H and O–H groups in total. The Bertz CT molecular complexity index is 791. The molecule has 0 aliphatic rings. The molecule has 1 amide bonds. The standard InChI is InChI=1S/C16H21N3O3S/c1-5-11-6-12-15(23-11)17-8-19(16(12)22)7-13(21)18-14(9(2)3)10(4)20/h6,8-9,14H,5,7H2,1-4H3,(H,18,21)/t14-/m0/s1. The SMILES string of the molecule is CCc1cc2c(=O)n(CC(=O)N[C@H](C(C)=O)C(C)C)cnc2s1. The highest BCUT2D eigenvalue weighted by Gasteiger charge is 2.21. The van der Waals surface area contributed by atoms with Crippen molar-refractivity contribution in [2.75, 3.05) is 0 Å². The number of hydrogen-bond donors (Lipinski definition) is 1. The maximum atomic E-state index is 12.4. The van der Waals surface area contributed by atoms with E-state index in [1.165, 1.54) is 29.2 Å².